The highest BCUT2D eigenvalue weighted by Gasteiger charge is 2.20. The standard InChI is InChI=1S/C17H17BrClF/c1-9-7-10(2)12(4)16(11(9)3)17(18)14-6-5-13(19)8-15(14)20/h5-8,17H,1-4H3. The van der Waals surface area contributed by atoms with E-state index in [1.807, 2.05) is 0 Å². The Morgan fingerprint density at radius 2 is 1.55 bits per heavy atom. The fraction of sp³-hybridized carbons (Fsp3) is 0.294. The summed E-state index contributed by atoms with van der Waals surface area (Å²) in [6, 6.07) is 7.00. The van der Waals surface area contributed by atoms with E-state index in [-0.39, 0.29) is 10.6 Å². The molecule has 2 aromatic rings. The van der Waals surface area contributed by atoms with Crippen molar-refractivity contribution in [2.24, 2.45) is 0 Å². The molecular weight excluding hydrogens is 339 g/mol. The fourth-order valence-corrected chi connectivity index (χ4v) is 3.71. The topological polar surface area (TPSA) is 0 Å². The van der Waals surface area contributed by atoms with Gasteiger partial charge in [-0.2, -0.15) is 0 Å². The van der Waals surface area contributed by atoms with Crippen molar-refractivity contribution in [1.29, 1.82) is 0 Å². The molecule has 3 heteroatoms. The van der Waals surface area contributed by atoms with Crippen LogP contribution in [0.4, 0.5) is 4.39 Å². The molecule has 0 saturated heterocycles. The molecule has 0 aliphatic rings. The van der Waals surface area contributed by atoms with Crippen LogP contribution in [0.1, 0.15) is 38.2 Å². The van der Waals surface area contributed by atoms with Crippen molar-refractivity contribution < 1.29 is 4.39 Å². The first-order valence-corrected chi connectivity index (χ1v) is 7.78. The minimum atomic E-state index is -0.280. The van der Waals surface area contributed by atoms with Crippen LogP contribution in [0.5, 0.6) is 0 Å². The second-order valence-electron chi connectivity index (χ2n) is 5.20. The van der Waals surface area contributed by atoms with Gasteiger partial charge in [0.15, 0.2) is 0 Å². The zero-order valence-electron chi connectivity index (χ0n) is 12.0. The molecule has 0 amide bonds. The molecule has 0 aliphatic carbocycles. The predicted molar refractivity (Wildman–Crippen MR) is 87.6 cm³/mol. The number of aryl methyl sites for hydroxylation is 2. The summed E-state index contributed by atoms with van der Waals surface area (Å²) in [6.07, 6.45) is 0. The van der Waals surface area contributed by atoms with Crippen LogP contribution in [-0.2, 0) is 0 Å². The molecule has 1 unspecified atom stereocenters. The molecule has 106 valence electrons. The Hall–Kier alpha value is -0.860. The van der Waals surface area contributed by atoms with Gasteiger partial charge in [0.25, 0.3) is 0 Å². The van der Waals surface area contributed by atoms with Crippen LogP contribution in [0.3, 0.4) is 0 Å². The molecule has 0 nitrogen and oxygen atoms in total. The molecule has 0 heterocycles. The minimum absolute atomic E-state index is 0.168. The van der Waals surface area contributed by atoms with Crippen LogP contribution < -0.4 is 0 Å². The molecule has 2 rings (SSSR count). The second kappa shape index (κ2) is 5.87. The van der Waals surface area contributed by atoms with Gasteiger partial charge in [0.1, 0.15) is 5.82 Å². The lowest BCUT2D eigenvalue weighted by Gasteiger charge is -2.20. The van der Waals surface area contributed by atoms with Gasteiger partial charge in [-0.1, -0.05) is 39.7 Å². The Morgan fingerprint density at radius 1 is 1.00 bits per heavy atom. The SMILES string of the molecule is Cc1cc(C)c(C)c(C(Br)c2ccc(Cl)cc2F)c1C. The lowest BCUT2D eigenvalue weighted by molar-refractivity contribution is 0.613. The van der Waals surface area contributed by atoms with Gasteiger partial charge >= 0.3 is 0 Å². The van der Waals surface area contributed by atoms with Crippen molar-refractivity contribution in [3.8, 4) is 0 Å². The van der Waals surface area contributed by atoms with E-state index in [0.717, 1.165) is 5.56 Å². The maximum absolute atomic E-state index is 14.1. The normalized spacial score (nSPS) is 12.6. The summed E-state index contributed by atoms with van der Waals surface area (Å²) >= 11 is 9.48. The first kappa shape index (κ1) is 15.5. The first-order chi connectivity index (χ1) is 9.32. The maximum Gasteiger partial charge on any atom is 0.129 e. The third-order valence-electron chi connectivity index (χ3n) is 3.91. The first-order valence-electron chi connectivity index (χ1n) is 6.49. The number of hydrogen-bond acceptors (Lipinski definition) is 0. The molecule has 0 saturated carbocycles. The fourth-order valence-electron chi connectivity index (χ4n) is 2.49. The Labute approximate surface area is 133 Å². The van der Waals surface area contributed by atoms with E-state index in [4.69, 9.17) is 11.6 Å². The number of benzene rings is 2. The van der Waals surface area contributed by atoms with Gasteiger partial charge in [-0.3, -0.25) is 0 Å². The van der Waals surface area contributed by atoms with Crippen LogP contribution in [-0.4, -0.2) is 0 Å². The van der Waals surface area contributed by atoms with Gasteiger partial charge in [0.05, 0.1) is 4.83 Å². The number of halogens is 3. The summed E-state index contributed by atoms with van der Waals surface area (Å²) in [5, 5.41) is 0.416. The van der Waals surface area contributed by atoms with Crippen LogP contribution >= 0.6 is 27.5 Å². The zero-order chi connectivity index (χ0) is 15.0. The third kappa shape index (κ3) is 2.77. The zero-order valence-corrected chi connectivity index (χ0v) is 14.4. The van der Waals surface area contributed by atoms with Gasteiger partial charge in [-0.05, 0) is 67.6 Å². The molecule has 0 N–H and O–H groups in total. The summed E-state index contributed by atoms with van der Waals surface area (Å²) in [4.78, 5) is -0.168. The number of alkyl halides is 1. The number of rotatable bonds is 2. The van der Waals surface area contributed by atoms with E-state index >= 15 is 0 Å². The smallest absolute Gasteiger partial charge is 0.129 e. The van der Waals surface area contributed by atoms with Gasteiger partial charge < -0.3 is 0 Å². The average molecular weight is 356 g/mol. The quantitative estimate of drug-likeness (QED) is 0.563. The van der Waals surface area contributed by atoms with E-state index in [1.54, 1.807) is 12.1 Å². The minimum Gasteiger partial charge on any atom is -0.207 e. The molecule has 0 spiro atoms. The third-order valence-corrected chi connectivity index (χ3v) is 5.10. The van der Waals surface area contributed by atoms with Crippen LogP contribution in [0.2, 0.25) is 5.02 Å². The Bertz CT molecular complexity index is 638. The Morgan fingerprint density at radius 3 is 2.05 bits per heavy atom. The van der Waals surface area contributed by atoms with Gasteiger partial charge in [0, 0.05) is 10.6 Å². The summed E-state index contributed by atoms with van der Waals surface area (Å²) in [6.45, 7) is 8.34. The number of hydrogen-bond donors (Lipinski definition) is 0. The summed E-state index contributed by atoms with van der Waals surface area (Å²) in [5.74, 6) is -0.280. The maximum atomic E-state index is 14.1. The van der Waals surface area contributed by atoms with Crippen LogP contribution in [0, 0.1) is 33.5 Å². The van der Waals surface area contributed by atoms with E-state index in [0.29, 0.717) is 10.6 Å². The van der Waals surface area contributed by atoms with Gasteiger partial charge in [-0.25, -0.2) is 4.39 Å². The van der Waals surface area contributed by atoms with E-state index in [2.05, 4.69) is 49.7 Å². The summed E-state index contributed by atoms with van der Waals surface area (Å²) in [5.41, 5.74) is 6.60. The molecular formula is C17H17BrClF. The molecule has 0 radical (unpaired) electrons. The Balaban J connectivity index is 2.62. The van der Waals surface area contributed by atoms with E-state index in [9.17, 15) is 4.39 Å². The van der Waals surface area contributed by atoms with Crippen LogP contribution in [0.15, 0.2) is 24.3 Å². The van der Waals surface area contributed by atoms with Crippen molar-refractivity contribution >= 4 is 27.5 Å². The monoisotopic (exact) mass is 354 g/mol. The predicted octanol–water partition coefficient (Wildman–Crippen LogP) is 6.20. The second-order valence-corrected chi connectivity index (χ2v) is 6.55. The molecule has 1 atom stereocenters. The molecule has 0 aromatic heterocycles. The Kier molecular flexibility index (Phi) is 4.55. The van der Waals surface area contributed by atoms with Crippen molar-refractivity contribution in [3.63, 3.8) is 0 Å². The molecule has 0 bridgehead atoms. The van der Waals surface area contributed by atoms with Gasteiger partial charge in [-0.15, -0.1) is 0 Å². The largest absolute Gasteiger partial charge is 0.207 e. The highest BCUT2D eigenvalue weighted by atomic mass is 79.9. The molecule has 0 fully saturated rings. The lowest BCUT2D eigenvalue weighted by atomic mass is 9.90. The van der Waals surface area contributed by atoms with Crippen molar-refractivity contribution in [2.75, 3.05) is 0 Å². The van der Waals surface area contributed by atoms with Gasteiger partial charge in [0.2, 0.25) is 0 Å². The van der Waals surface area contributed by atoms with Crippen LogP contribution in [0.25, 0.3) is 0 Å². The van der Waals surface area contributed by atoms with Crippen molar-refractivity contribution in [1.82, 2.24) is 0 Å². The van der Waals surface area contributed by atoms with E-state index in [1.165, 1.54) is 28.3 Å². The molecule has 20 heavy (non-hydrogen) atoms. The molecule has 0 aliphatic heterocycles. The lowest BCUT2D eigenvalue weighted by Crippen LogP contribution is -2.04. The van der Waals surface area contributed by atoms with Crippen molar-refractivity contribution in [2.45, 2.75) is 32.5 Å². The average Bonchev–Trinajstić information content (AvgIpc) is 2.36. The summed E-state index contributed by atoms with van der Waals surface area (Å²) < 4.78 is 14.1. The van der Waals surface area contributed by atoms with Crippen molar-refractivity contribution in [3.05, 3.63) is 68.5 Å². The highest BCUT2D eigenvalue weighted by Crippen LogP contribution is 2.38. The van der Waals surface area contributed by atoms with E-state index < -0.39 is 0 Å². The molecule has 2 aromatic carbocycles. The highest BCUT2D eigenvalue weighted by molar-refractivity contribution is 9.09. The summed E-state index contributed by atoms with van der Waals surface area (Å²) in [7, 11) is 0.